The van der Waals surface area contributed by atoms with Crippen LogP contribution in [-0.4, -0.2) is 44.2 Å². The van der Waals surface area contributed by atoms with Crippen molar-refractivity contribution < 1.29 is 18.7 Å². The van der Waals surface area contributed by atoms with Gasteiger partial charge in [0.1, 0.15) is 30.0 Å². The van der Waals surface area contributed by atoms with Gasteiger partial charge in [-0.05, 0) is 38.1 Å². The molecule has 0 bridgehead atoms. The van der Waals surface area contributed by atoms with Crippen molar-refractivity contribution in [3.63, 3.8) is 0 Å². The number of ether oxygens (including phenoxy) is 2. The fourth-order valence-corrected chi connectivity index (χ4v) is 2.58. The summed E-state index contributed by atoms with van der Waals surface area (Å²) in [5.74, 6) is 1.33. The lowest BCUT2D eigenvalue weighted by Crippen LogP contribution is -2.40. The fraction of sp³-hybridized carbons (Fsp3) is 0.364. The number of hydrogen-bond donors (Lipinski definition) is 3. The minimum atomic E-state index is -0.333. The van der Waals surface area contributed by atoms with E-state index in [9.17, 15) is 9.18 Å². The lowest BCUT2D eigenvalue weighted by Gasteiger charge is -2.15. The third kappa shape index (κ3) is 10.9. The molecule has 3 N–H and O–H groups in total. The van der Waals surface area contributed by atoms with Crippen molar-refractivity contribution in [1.29, 1.82) is 0 Å². The first-order valence-corrected chi connectivity index (χ1v) is 9.91. The molecule has 0 radical (unpaired) electrons. The maximum atomic E-state index is 13.2. The van der Waals surface area contributed by atoms with Gasteiger partial charge in [0, 0.05) is 31.3 Å². The summed E-state index contributed by atoms with van der Waals surface area (Å²) in [5, 5.41) is 9.08. The van der Waals surface area contributed by atoms with Crippen LogP contribution in [0.15, 0.2) is 53.5 Å². The largest absolute Gasteiger partial charge is 0.492 e. The van der Waals surface area contributed by atoms with Crippen LogP contribution < -0.4 is 25.4 Å². The Morgan fingerprint density at radius 3 is 2.58 bits per heavy atom. The summed E-state index contributed by atoms with van der Waals surface area (Å²) in [6.07, 6.45) is -0.213. The minimum Gasteiger partial charge on any atom is -0.492 e. The van der Waals surface area contributed by atoms with Gasteiger partial charge < -0.3 is 25.4 Å². The third-order valence-corrected chi connectivity index (χ3v) is 3.80. The zero-order valence-electron chi connectivity index (χ0n) is 18.0. The van der Waals surface area contributed by atoms with Gasteiger partial charge >= 0.3 is 0 Å². The summed E-state index contributed by atoms with van der Waals surface area (Å²) in [4.78, 5) is 15.6. The Labute approximate surface area is 199 Å². The Hall–Kier alpha value is -2.56. The van der Waals surface area contributed by atoms with Crippen LogP contribution in [0.2, 0.25) is 0 Å². The van der Waals surface area contributed by atoms with Crippen LogP contribution in [0.3, 0.4) is 0 Å². The van der Waals surface area contributed by atoms with Crippen LogP contribution in [0.25, 0.3) is 0 Å². The van der Waals surface area contributed by atoms with Crippen molar-refractivity contribution in [3.05, 3.63) is 54.3 Å². The average molecular weight is 544 g/mol. The first-order valence-electron chi connectivity index (χ1n) is 9.91. The minimum absolute atomic E-state index is 0. The van der Waals surface area contributed by atoms with Crippen LogP contribution in [0.4, 0.5) is 10.1 Å². The number of carbonyl (C=O) groups excluding carboxylic acids is 1. The lowest BCUT2D eigenvalue weighted by atomic mass is 10.3. The molecule has 31 heavy (non-hydrogen) atoms. The van der Waals surface area contributed by atoms with E-state index in [1.165, 1.54) is 19.1 Å². The number of amides is 1. The van der Waals surface area contributed by atoms with Gasteiger partial charge in [-0.25, -0.2) is 9.38 Å². The van der Waals surface area contributed by atoms with Gasteiger partial charge in [-0.15, -0.1) is 24.0 Å². The predicted molar refractivity (Wildman–Crippen MR) is 132 cm³/mol. The second-order valence-corrected chi connectivity index (χ2v) is 6.59. The van der Waals surface area contributed by atoms with Crippen molar-refractivity contribution >= 4 is 41.5 Å². The van der Waals surface area contributed by atoms with Gasteiger partial charge in [-0.2, -0.15) is 0 Å². The summed E-state index contributed by atoms with van der Waals surface area (Å²) >= 11 is 0. The molecule has 170 valence electrons. The van der Waals surface area contributed by atoms with E-state index in [1.54, 1.807) is 24.3 Å². The van der Waals surface area contributed by atoms with Crippen LogP contribution in [0.1, 0.15) is 20.8 Å². The van der Waals surface area contributed by atoms with Crippen LogP contribution >= 0.6 is 24.0 Å². The molecule has 0 aromatic heterocycles. The Balaban J connectivity index is 0.00000480. The van der Waals surface area contributed by atoms with E-state index in [4.69, 9.17) is 9.47 Å². The number of halogens is 2. The number of nitrogens with one attached hydrogen (secondary N) is 3. The monoisotopic (exact) mass is 544 g/mol. The number of rotatable bonds is 10. The van der Waals surface area contributed by atoms with E-state index >= 15 is 0 Å². The highest BCUT2D eigenvalue weighted by atomic mass is 127. The van der Waals surface area contributed by atoms with Crippen molar-refractivity contribution in [1.82, 2.24) is 10.6 Å². The summed E-state index contributed by atoms with van der Waals surface area (Å²) in [6, 6.07) is 13.3. The zero-order valence-corrected chi connectivity index (χ0v) is 20.3. The molecule has 0 aliphatic rings. The molecule has 0 spiro atoms. The number of anilines is 1. The van der Waals surface area contributed by atoms with E-state index in [-0.39, 0.29) is 41.8 Å². The van der Waals surface area contributed by atoms with Gasteiger partial charge in [0.05, 0.1) is 13.1 Å². The summed E-state index contributed by atoms with van der Waals surface area (Å²) in [5.41, 5.74) is 0.690. The van der Waals surface area contributed by atoms with Crippen LogP contribution in [0.5, 0.6) is 11.5 Å². The molecule has 0 saturated carbocycles. The summed E-state index contributed by atoms with van der Waals surface area (Å²) < 4.78 is 24.7. The predicted octanol–water partition coefficient (Wildman–Crippen LogP) is 3.80. The zero-order chi connectivity index (χ0) is 21.8. The Kier molecular flexibility index (Phi) is 12.3. The van der Waals surface area contributed by atoms with Crippen LogP contribution in [0, 0.1) is 5.82 Å². The Morgan fingerprint density at radius 1 is 1.13 bits per heavy atom. The topological polar surface area (TPSA) is 84.0 Å². The van der Waals surface area contributed by atoms with E-state index in [2.05, 4.69) is 20.9 Å². The second-order valence-electron chi connectivity index (χ2n) is 6.59. The fourth-order valence-electron chi connectivity index (χ4n) is 2.58. The molecule has 0 aliphatic carbocycles. The molecule has 2 aromatic carbocycles. The normalized spacial score (nSPS) is 11.7. The SMILES string of the molecule is CCNC(=NCC(C)Oc1cccc(F)c1)NCCOc1cccc(NC(C)=O)c1.I. The average Bonchev–Trinajstić information content (AvgIpc) is 2.69. The molecule has 0 fully saturated rings. The van der Waals surface area contributed by atoms with E-state index in [1.807, 2.05) is 26.0 Å². The summed E-state index contributed by atoms with van der Waals surface area (Å²) in [7, 11) is 0. The van der Waals surface area contributed by atoms with Crippen molar-refractivity contribution in [2.75, 3.05) is 31.6 Å². The smallest absolute Gasteiger partial charge is 0.221 e. The maximum absolute atomic E-state index is 13.2. The van der Waals surface area contributed by atoms with Gasteiger partial charge in [-0.1, -0.05) is 12.1 Å². The second kappa shape index (κ2) is 14.4. The Morgan fingerprint density at radius 2 is 1.87 bits per heavy atom. The molecular formula is C22H30FIN4O3. The molecule has 2 aromatic rings. The van der Waals surface area contributed by atoms with Crippen LogP contribution in [-0.2, 0) is 4.79 Å². The van der Waals surface area contributed by atoms with Gasteiger partial charge in [0.15, 0.2) is 5.96 Å². The highest BCUT2D eigenvalue weighted by Crippen LogP contribution is 2.17. The molecule has 9 heteroatoms. The molecule has 0 heterocycles. The number of hydrogen-bond acceptors (Lipinski definition) is 4. The highest BCUT2D eigenvalue weighted by molar-refractivity contribution is 14.0. The maximum Gasteiger partial charge on any atom is 0.221 e. The number of benzene rings is 2. The number of nitrogens with zero attached hydrogens (tertiary/aromatic N) is 1. The van der Waals surface area contributed by atoms with E-state index in [0.29, 0.717) is 49.4 Å². The summed E-state index contributed by atoms with van der Waals surface area (Å²) in [6.45, 7) is 7.40. The quantitative estimate of drug-likeness (QED) is 0.184. The molecule has 2 rings (SSSR count). The number of guanidine groups is 1. The van der Waals surface area contributed by atoms with Gasteiger partial charge in [-0.3, -0.25) is 4.79 Å². The molecule has 7 nitrogen and oxygen atoms in total. The van der Waals surface area contributed by atoms with Crippen molar-refractivity contribution in [2.24, 2.45) is 4.99 Å². The third-order valence-electron chi connectivity index (χ3n) is 3.80. The molecule has 0 aliphatic heterocycles. The molecule has 1 unspecified atom stereocenters. The van der Waals surface area contributed by atoms with E-state index < -0.39 is 0 Å². The molecule has 1 amide bonds. The van der Waals surface area contributed by atoms with E-state index in [0.717, 1.165) is 0 Å². The lowest BCUT2D eigenvalue weighted by molar-refractivity contribution is -0.114. The standard InChI is InChI=1S/C22H29FN4O3.HI/c1-4-24-22(26-15-16(2)30-21-10-5-7-18(23)13-21)25-11-12-29-20-9-6-8-19(14-20)27-17(3)28;/h5-10,13-14,16H,4,11-12,15H2,1-3H3,(H,27,28)(H2,24,25,26);1H. The van der Waals surface area contributed by atoms with Crippen molar-refractivity contribution in [2.45, 2.75) is 26.9 Å². The first-order chi connectivity index (χ1) is 14.5. The molecule has 1 atom stereocenters. The first kappa shape index (κ1) is 26.5. The number of carbonyl (C=O) groups is 1. The molecule has 0 saturated heterocycles. The van der Waals surface area contributed by atoms with Gasteiger partial charge in [0.25, 0.3) is 0 Å². The number of aliphatic imine (C=N–C) groups is 1. The Bertz CT molecular complexity index is 851. The van der Waals surface area contributed by atoms with Crippen molar-refractivity contribution in [3.8, 4) is 11.5 Å². The molecular weight excluding hydrogens is 514 g/mol. The van der Waals surface area contributed by atoms with Gasteiger partial charge in [0.2, 0.25) is 5.91 Å². The highest BCUT2D eigenvalue weighted by Gasteiger charge is 2.06.